The summed E-state index contributed by atoms with van der Waals surface area (Å²) in [7, 11) is 0. The molecule has 0 aliphatic rings. The molecule has 0 bridgehead atoms. The molecule has 0 spiro atoms. The number of carbonyl (C=O) groups excluding carboxylic acids is 1. The molecule has 0 heterocycles. The predicted molar refractivity (Wildman–Crippen MR) is 251 cm³/mol. The molecule has 0 aliphatic carbocycles. The summed E-state index contributed by atoms with van der Waals surface area (Å²) in [6.45, 7) is 4.07. The molecule has 0 fully saturated rings. The Balaban J connectivity index is 3.60. The average Bonchev–Trinajstić information content (AvgIpc) is 3.23. The Bertz CT molecular complexity index is 837. The highest BCUT2D eigenvalue weighted by atomic mass is 16.3. The molecule has 5 N–H and O–H groups in total. The van der Waals surface area contributed by atoms with E-state index in [1.54, 1.807) is 0 Å². The molecule has 0 saturated heterocycles. The standard InChI is InChI=1S/C52H103NO5/c1-3-5-7-9-11-13-15-17-19-20-21-22-23-24-25-26-27-28-29-30-31-32-34-36-38-40-42-44-46-50(56)52(58)53-48(47-54)51(57)49(55)45-43-41-39-37-35-33-18-16-14-12-10-8-6-4-2/h24-25,48-51,54-57H,3-23,26-47H2,1-2H3,(H,53,58)/b25-24-. The van der Waals surface area contributed by atoms with Crippen molar-refractivity contribution in [2.75, 3.05) is 6.61 Å². The van der Waals surface area contributed by atoms with Crippen LogP contribution in [-0.2, 0) is 4.79 Å². The molecule has 6 heteroatoms. The minimum Gasteiger partial charge on any atom is -0.394 e. The average molecular weight is 822 g/mol. The molecule has 6 nitrogen and oxygen atoms in total. The molecular formula is C52H103NO5. The molecular weight excluding hydrogens is 719 g/mol. The van der Waals surface area contributed by atoms with Gasteiger partial charge in [-0.3, -0.25) is 4.79 Å². The van der Waals surface area contributed by atoms with E-state index in [-0.39, 0.29) is 0 Å². The first-order valence-electron chi connectivity index (χ1n) is 26.1. The normalized spacial score (nSPS) is 14.0. The van der Waals surface area contributed by atoms with Crippen molar-refractivity contribution in [1.82, 2.24) is 5.32 Å². The number of amides is 1. The molecule has 0 radical (unpaired) electrons. The lowest BCUT2D eigenvalue weighted by Crippen LogP contribution is -2.53. The third-order valence-electron chi connectivity index (χ3n) is 12.5. The topological polar surface area (TPSA) is 110 Å². The fourth-order valence-electron chi connectivity index (χ4n) is 8.34. The molecule has 4 atom stereocenters. The summed E-state index contributed by atoms with van der Waals surface area (Å²) in [5.41, 5.74) is 0. The summed E-state index contributed by atoms with van der Waals surface area (Å²) in [6, 6.07) is -0.982. The van der Waals surface area contributed by atoms with Crippen LogP contribution in [0.1, 0.15) is 284 Å². The van der Waals surface area contributed by atoms with E-state index in [2.05, 4.69) is 31.3 Å². The number of unbranched alkanes of at least 4 members (excludes halogenated alkanes) is 37. The number of carbonyl (C=O) groups is 1. The molecule has 58 heavy (non-hydrogen) atoms. The SMILES string of the molecule is CCCCCCCCCCCCCC/C=C\CCCCCCCCCCCCCCC(O)C(=O)NC(CO)C(O)C(O)CCCCCCCCCCCCCCCC. The minimum atomic E-state index is -1.26. The second-order valence-electron chi connectivity index (χ2n) is 18.2. The summed E-state index contributed by atoms with van der Waals surface area (Å²) in [5.74, 6) is -0.580. The summed E-state index contributed by atoms with van der Waals surface area (Å²) < 4.78 is 0. The van der Waals surface area contributed by atoms with Crippen LogP contribution in [0.5, 0.6) is 0 Å². The van der Waals surface area contributed by atoms with Crippen LogP contribution in [0.25, 0.3) is 0 Å². The van der Waals surface area contributed by atoms with E-state index < -0.39 is 36.9 Å². The molecule has 0 aromatic rings. The van der Waals surface area contributed by atoms with Crippen molar-refractivity contribution in [2.45, 2.75) is 308 Å². The third-order valence-corrected chi connectivity index (χ3v) is 12.5. The van der Waals surface area contributed by atoms with E-state index in [0.717, 1.165) is 38.5 Å². The van der Waals surface area contributed by atoms with E-state index in [1.165, 1.54) is 218 Å². The number of aliphatic hydroxyl groups excluding tert-OH is 4. The van der Waals surface area contributed by atoms with Crippen molar-refractivity contribution in [2.24, 2.45) is 0 Å². The monoisotopic (exact) mass is 822 g/mol. The molecule has 0 aromatic heterocycles. The number of allylic oxidation sites excluding steroid dienone is 2. The number of hydrogen-bond donors (Lipinski definition) is 5. The lowest BCUT2D eigenvalue weighted by molar-refractivity contribution is -0.132. The second-order valence-corrected chi connectivity index (χ2v) is 18.2. The van der Waals surface area contributed by atoms with Crippen molar-refractivity contribution >= 4 is 5.91 Å². The highest BCUT2D eigenvalue weighted by Gasteiger charge is 2.28. The lowest BCUT2D eigenvalue weighted by atomic mass is 9.99. The first-order chi connectivity index (χ1) is 28.5. The lowest BCUT2D eigenvalue weighted by Gasteiger charge is -2.27. The van der Waals surface area contributed by atoms with Crippen molar-refractivity contribution in [3.63, 3.8) is 0 Å². The number of hydrogen-bond acceptors (Lipinski definition) is 5. The zero-order valence-electron chi connectivity index (χ0n) is 39.1. The highest BCUT2D eigenvalue weighted by molar-refractivity contribution is 5.80. The predicted octanol–water partition coefficient (Wildman–Crippen LogP) is 14.5. The van der Waals surface area contributed by atoms with Gasteiger partial charge in [-0.2, -0.15) is 0 Å². The molecule has 0 rings (SSSR count). The fraction of sp³-hybridized carbons (Fsp3) is 0.942. The zero-order chi connectivity index (χ0) is 42.4. The maximum absolute atomic E-state index is 12.6. The van der Waals surface area contributed by atoms with Gasteiger partial charge in [-0.05, 0) is 38.5 Å². The minimum absolute atomic E-state index is 0.372. The smallest absolute Gasteiger partial charge is 0.249 e. The zero-order valence-corrected chi connectivity index (χ0v) is 39.1. The highest BCUT2D eigenvalue weighted by Crippen LogP contribution is 2.17. The first-order valence-corrected chi connectivity index (χ1v) is 26.1. The van der Waals surface area contributed by atoms with Crippen LogP contribution in [0, 0.1) is 0 Å². The van der Waals surface area contributed by atoms with Gasteiger partial charge in [0.15, 0.2) is 0 Å². The van der Waals surface area contributed by atoms with Crippen LogP contribution in [0.4, 0.5) is 0 Å². The van der Waals surface area contributed by atoms with Gasteiger partial charge in [-0.1, -0.05) is 257 Å². The number of aliphatic hydroxyl groups is 4. The summed E-state index contributed by atoms with van der Waals surface area (Å²) in [6.07, 6.45) is 54.1. The van der Waals surface area contributed by atoms with Gasteiger partial charge in [0.05, 0.1) is 18.8 Å². The Hall–Kier alpha value is -0.950. The van der Waals surface area contributed by atoms with Crippen LogP contribution < -0.4 is 5.32 Å². The summed E-state index contributed by atoms with van der Waals surface area (Å²) >= 11 is 0. The van der Waals surface area contributed by atoms with Crippen LogP contribution in [0.15, 0.2) is 12.2 Å². The Morgan fingerprint density at radius 1 is 0.414 bits per heavy atom. The van der Waals surface area contributed by atoms with Gasteiger partial charge in [0.2, 0.25) is 5.91 Å². The first kappa shape index (κ1) is 57.1. The van der Waals surface area contributed by atoms with Gasteiger partial charge >= 0.3 is 0 Å². The van der Waals surface area contributed by atoms with E-state index in [9.17, 15) is 25.2 Å². The molecule has 1 amide bonds. The second kappa shape index (κ2) is 47.1. The van der Waals surface area contributed by atoms with Crippen LogP contribution >= 0.6 is 0 Å². The Kier molecular flexibility index (Phi) is 46.3. The van der Waals surface area contributed by atoms with Crippen molar-refractivity contribution < 1.29 is 25.2 Å². The molecule has 4 unspecified atom stereocenters. The largest absolute Gasteiger partial charge is 0.394 e. The molecule has 0 aliphatic heterocycles. The fourth-order valence-corrected chi connectivity index (χ4v) is 8.34. The van der Waals surface area contributed by atoms with Crippen molar-refractivity contribution in [3.8, 4) is 0 Å². The van der Waals surface area contributed by atoms with Gasteiger partial charge < -0.3 is 25.7 Å². The summed E-state index contributed by atoms with van der Waals surface area (Å²) in [5, 5.41) is 43.8. The molecule has 346 valence electrons. The van der Waals surface area contributed by atoms with E-state index in [4.69, 9.17) is 0 Å². The van der Waals surface area contributed by atoms with E-state index >= 15 is 0 Å². The van der Waals surface area contributed by atoms with Crippen LogP contribution in [0.3, 0.4) is 0 Å². The van der Waals surface area contributed by atoms with Gasteiger partial charge in [0.25, 0.3) is 0 Å². The Morgan fingerprint density at radius 2 is 0.690 bits per heavy atom. The van der Waals surface area contributed by atoms with Crippen molar-refractivity contribution in [3.05, 3.63) is 12.2 Å². The molecule has 0 aromatic carbocycles. The summed E-state index contributed by atoms with van der Waals surface area (Å²) in [4.78, 5) is 12.6. The van der Waals surface area contributed by atoms with E-state index in [1.807, 2.05) is 0 Å². The molecule has 0 saturated carbocycles. The van der Waals surface area contributed by atoms with Gasteiger partial charge in [-0.25, -0.2) is 0 Å². The van der Waals surface area contributed by atoms with Gasteiger partial charge in [-0.15, -0.1) is 0 Å². The third kappa shape index (κ3) is 40.5. The van der Waals surface area contributed by atoms with Gasteiger partial charge in [0.1, 0.15) is 12.2 Å². The van der Waals surface area contributed by atoms with E-state index in [0.29, 0.717) is 12.8 Å². The quantitative estimate of drug-likeness (QED) is 0.0310. The number of rotatable bonds is 48. The van der Waals surface area contributed by atoms with Crippen LogP contribution in [0.2, 0.25) is 0 Å². The van der Waals surface area contributed by atoms with Crippen LogP contribution in [-0.4, -0.2) is 57.3 Å². The maximum atomic E-state index is 12.6. The van der Waals surface area contributed by atoms with Crippen molar-refractivity contribution in [1.29, 1.82) is 0 Å². The Labute approximate surface area is 362 Å². The number of nitrogens with one attached hydrogen (secondary N) is 1. The van der Waals surface area contributed by atoms with Gasteiger partial charge in [0, 0.05) is 0 Å². The maximum Gasteiger partial charge on any atom is 0.249 e. The Morgan fingerprint density at radius 3 is 1.00 bits per heavy atom.